The Balaban J connectivity index is 0.000000384. The van der Waals surface area contributed by atoms with Crippen LogP contribution < -0.4 is 0 Å². The molecular formula is C18H15N3O6Yb. The molecule has 0 aromatic carbocycles. The number of carboxylic acid groups (broad SMARTS) is 3. The molecule has 0 atom stereocenters. The number of hydrogen-bond donors (Lipinski definition) is 3. The Hall–Kier alpha value is -2.62. The van der Waals surface area contributed by atoms with Gasteiger partial charge in [0.15, 0.2) is 0 Å². The first-order chi connectivity index (χ1) is 12.9. The third-order valence-corrected chi connectivity index (χ3v) is 2.73. The Morgan fingerprint density at radius 3 is 0.929 bits per heavy atom. The molecular weight excluding hydrogens is 527 g/mol. The van der Waals surface area contributed by atoms with E-state index in [-0.39, 0.29) is 63.6 Å². The number of rotatable bonds is 3. The van der Waals surface area contributed by atoms with Crippen LogP contribution in [0.1, 0.15) is 31.1 Å². The van der Waals surface area contributed by atoms with Gasteiger partial charge in [0.2, 0.25) is 0 Å². The van der Waals surface area contributed by atoms with Gasteiger partial charge in [-0.25, -0.2) is 14.4 Å². The molecule has 0 aliphatic carbocycles. The van der Waals surface area contributed by atoms with Gasteiger partial charge in [-0.1, -0.05) is 0 Å². The van der Waals surface area contributed by atoms with Crippen molar-refractivity contribution in [2.75, 3.05) is 0 Å². The summed E-state index contributed by atoms with van der Waals surface area (Å²) < 4.78 is 0. The van der Waals surface area contributed by atoms with Gasteiger partial charge in [0, 0.05) is 84.1 Å². The van der Waals surface area contributed by atoms with Crippen LogP contribution in [0.25, 0.3) is 0 Å². The van der Waals surface area contributed by atoms with E-state index in [1.54, 1.807) is 18.2 Å². The minimum Gasteiger partial charge on any atom is -0.478 e. The molecule has 0 fully saturated rings. The number of carbonyl (C=O) groups is 3. The zero-order valence-electron chi connectivity index (χ0n) is 14.1. The number of pyridine rings is 3. The number of aromatic nitrogens is 3. The molecule has 0 spiro atoms. The zero-order chi connectivity index (χ0) is 20.1. The molecule has 3 N–H and O–H groups in total. The number of aromatic carboxylic acids is 3. The summed E-state index contributed by atoms with van der Waals surface area (Å²) >= 11 is 0. The number of nitrogens with zero attached hydrogens (tertiary/aromatic N) is 3. The Bertz CT molecular complexity index is 747. The third-order valence-electron chi connectivity index (χ3n) is 2.73. The van der Waals surface area contributed by atoms with Crippen LogP contribution >= 0.6 is 0 Å². The second kappa shape index (κ2) is 14.4. The molecule has 0 radical (unpaired) electrons. The summed E-state index contributed by atoms with van der Waals surface area (Å²) in [6.07, 6.45) is 8.53. The van der Waals surface area contributed by atoms with Crippen molar-refractivity contribution >= 4 is 17.9 Å². The van der Waals surface area contributed by atoms with Crippen molar-refractivity contribution in [1.29, 1.82) is 0 Å². The van der Waals surface area contributed by atoms with E-state index in [4.69, 9.17) is 15.3 Å². The maximum Gasteiger partial charge on any atom is 0.337 e. The van der Waals surface area contributed by atoms with Crippen molar-refractivity contribution < 1.29 is 76.6 Å². The van der Waals surface area contributed by atoms with Gasteiger partial charge >= 0.3 is 17.9 Å². The van der Waals surface area contributed by atoms with Crippen molar-refractivity contribution in [3.63, 3.8) is 0 Å². The van der Waals surface area contributed by atoms with Crippen molar-refractivity contribution in [1.82, 2.24) is 15.0 Å². The van der Waals surface area contributed by atoms with Gasteiger partial charge in [0.05, 0.1) is 16.7 Å². The maximum atomic E-state index is 10.2. The predicted molar refractivity (Wildman–Crippen MR) is 93.6 cm³/mol. The summed E-state index contributed by atoms with van der Waals surface area (Å²) in [4.78, 5) is 41.4. The van der Waals surface area contributed by atoms with E-state index in [1.165, 1.54) is 55.4 Å². The summed E-state index contributed by atoms with van der Waals surface area (Å²) in [7, 11) is 0. The monoisotopic (exact) mass is 543 g/mol. The van der Waals surface area contributed by atoms with Crippen molar-refractivity contribution in [2.45, 2.75) is 0 Å². The van der Waals surface area contributed by atoms with Crippen LogP contribution in [-0.2, 0) is 0 Å². The van der Waals surface area contributed by atoms with E-state index in [0.29, 0.717) is 0 Å². The molecule has 3 aromatic rings. The van der Waals surface area contributed by atoms with E-state index in [9.17, 15) is 14.4 Å². The third kappa shape index (κ3) is 10.5. The molecule has 0 amide bonds. The summed E-state index contributed by atoms with van der Waals surface area (Å²) in [6.45, 7) is 0. The Morgan fingerprint density at radius 1 is 0.571 bits per heavy atom. The fraction of sp³-hybridized carbons (Fsp3) is 0. The molecule has 9 nitrogen and oxygen atoms in total. The van der Waals surface area contributed by atoms with Crippen LogP contribution in [0.2, 0.25) is 0 Å². The maximum absolute atomic E-state index is 10.2. The van der Waals surface area contributed by atoms with E-state index in [0.717, 1.165) is 0 Å². The summed E-state index contributed by atoms with van der Waals surface area (Å²) in [6, 6.07) is 9.25. The van der Waals surface area contributed by atoms with Crippen LogP contribution in [-0.4, -0.2) is 48.2 Å². The van der Waals surface area contributed by atoms with Gasteiger partial charge in [-0.2, -0.15) is 0 Å². The van der Waals surface area contributed by atoms with Gasteiger partial charge in [-0.05, 0) is 36.4 Å². The molecule has 152 valence electrons. The van der Waals surface area contributed by atoms with Crippen LogP contribution in [0.15, 0.2) is 73.6 Å². The fourth-order valence-corrected chi connectivity index (χ4v) is 1.47. The average Bonchev–Trinajstić information content (AvgIpc) is 2.71. The zero-order valence-corrected chi connectivity index (χ0v) is 15.8. The molecule has 0 aliphatic rings. The first-order valence-corrected chi connectivity index (χ1v) is 7.31. The molecule has 3 heterocycles. The summed E-state index contributed by atoms with van der Waals surface area (Å²) in [5.41, 5.74) is 0.660. The standard InChI is InChI=1S/3C6H5NO2.Yb/c3*8-6(9)5-2-1-3-7-4-5;/h3*1-4H,(H,8,9);. The molecule has 3 aromatic heterocycles. The molecule has 10 heteroatoms. The molecule has 0 unspecified atom stereocenters. The normalized spacial score (nSPS) is 8.57. The quantitative estimate of drug-likeness (QED) is 0.453. The second-order valence-electron chi connectivity index (χ2n) is 4.64. The SMILES string of the molecule is O=C(O)c1cccnc1.O=C(O)c1cccnc1.O=C(O)c1cccnc1.[Yb]. The van der Waals surface area contributed by atoms with Gasteiger partial charge in [0.1, 0.15) is 0 Å². The average molecular weight is 542 g/mol. The van der Waals surface area contributed by atoms with Crippen molar-refractivity contribution in [3.05, 3.63) is 90.3 Å². The molecule has 28 heavy (non-hydrogen) atoms. The van der Waals surface area contributed by atoms with Gasteiger partial charge in [0.25, 0.3) is 0 Å². The second-order valence-corrected chi connectivity index (χ2v) is 4.64. The van der Waals surface area contributed by atoms with Gasteiger partial charge in [-0.15, -0.1) is 0 Å². The van der Waals surface area contributed by atoms with Crippen LogP contribution in [0, 0.1) is 46.9 Å². The van der Waals surface area contributed by atoms with E-state index in [1.807, 2.05) is 0 Å². The topological polar surface area (TPSA) is 151 Å². The summed E-state index contributed by atoms with van der Waals surface area (Å²) in [5.74, 6) is -2.82. The van der Waals surface area contributed by atoms with Gasteiger partial charge < -0.3 is 15.3 Å². The smallest absolute Gasteiger partial charge is 0.337 e. The first kappa shape index (κ1) is 25.4. The summed E-state index contributed by atoms with van der Waals surface area (Å²) in [5, 5.41) is 25.0. The van der Waals surface area contributed by atoms with E-state index < -0.39 is 17.9 Å². The molecule has 0 bridgehead atoms. The number of carboxylic acids is 3. The van der Waals surface area contributed by atoms with Crippen molar-refractivity contribution in [2.24, 2.45) is 0 Å². The largest absolute Gasteiger partial charge is 0.478 e. The van der Waals surface area contributed by atoms with Crippen molar-refractivity contribution in [3.8, 4) is 0 Å². The predicted octanol–water partition coefficient (Wildman–Crippen LogP) is 2.34. The minimum absolute atomic E-state index is 0. The number of hydrogen-bond acceptors (Lipinski definition) is 6. The Kier molecular flexibility index (Phi) is 13.1. The fourth-order valence-electron chi connectivity index (χ4n) is 1.47. The van der Waals surface area contributed by atoms with Crippen LogP contribution in [0.4, 0.5) is 0 Å². The molecule has 0 saturated heterocycles. The van der Waals surface area contributed by atoms with E-state index >= 15 is 0 Å². The Morgan fingerprint density at radius 2 is 0.821 bits per heavy atom. The molecule has 0 saturated carbocycles. The van der Waals surface area contributed by atoms with Crippen LogP contribution in [0.3, 0.4) is 0 Å². The Labute approximate surface area is 198 Å². The minimum atomic E-state index is -0.942. The first-order valence-electron chi connectivity index (χ1n) is 7.31. The van der Waals surface area contributed by atoms with Crippen LogP contribution in [0.5, 0.6) is 0 Å². The van der Waals surface area contributed by atoms with E-state index in [2.05, 4.69) is 15.0 Å². The van der Waals surface area contributed by atoms with Gasteiger partial charge in [-0.3, -0.25) is 15.0 Å². The molecule has 3 rings (SSSR count). The molecule has 0 aliphatic heterocycles.